The van der Waals surface area contributed by atoms with Crippen LogP contribution in [-0.4, -0.2) is 14.5 Å². The van der Waals surface area contributed by atoms with Gasteiger partial charge in [-0.2, -0.15) is 0 Å². The summed E-state index contributed by atoms with van der Waals surface area (Å²) in [6.45, 7) is 3.82. The van der Waals surface area contributed by atoms with Crippen LogP contribution in [0.3, 0.4) is 0 Å². The first kappa shape index (κ1) is 15.3. The summed E-state index contributed by atoms with van der Waals surface area (Å²) < 4.78 is 44.9. The molecule has 0 saturated carbocycles. The Balaban J connectivity index is 2.15. The lowest BCUT2D eigenvalue weighted by Crippen LogP contribution is -2.13. The number of benzene rings is 2. The molecule has 0 amide bonds. The van der Waals surface area contributed by atoms with Gasteiger partial charge in [0.05, 0.1) is 11.0 Å². The van der Waals surface area contributed by atoms with Crippen molar-refractivity contribution in [1.82, 2.24) is 0 Å². The Hall–Kier alpha value is -2.08. The van der Waals surface area contributed by atoms with Crippen molar-refractivity contribution < 1.29 is 17.5 Å². The van der Waals surface area contributed by atoms with Gasteiger partial charge in [-0.05, 0) is 62.4 Å². The number of nitrogens with one attached hydrogen (secondary N) is 1. The third-order valence-electron chi connectivity index (χ3n) is 2.60. The van der Waals surface area contributed by atoms with Crippen molar-refractivity contribution in [3.63, 3.8) is 0 Å². The van der Waals surface area contributed by atoms with E-state index in [9.17, 15) is 12.8 Å². The standard InChI is InChI=1S/C15H16FNO3S/c1-11(2)20-14-7-5-13(6-8-14)17-21(18,19)15-9-3-12(16)4-10-15/h3-11,17H,1-2H3. The second-order valence-corrected chi connectivity index (χ2v) is 6.43. The van der Waals surface area contributed by atoms with Gasteiger partial charge in [-0.3, -0.25) is 4.72 Å². The molecule has 0 radical (unpaired) electrons. The van der Waals surface area contributed by atoms with Gasteiger partial charge >= 0.3 is 0 Å². The molecule has 4 nitrogen and oxygen atoms in total. The third-order valence-corrected chi connectivity index (χ3v) is 4.00. The zero-order valence-corrected chi connectivity index (χ0v) is 12.5. The van der Waals surface area contributed by atoms with Crippen molar-refractivity contribution in [2.45, 2.75) is 24.8 Å². The van der Waals surface area contributed by atoms with Crippen LogP contribution in [0, 0.1) is 5.82 Å². The van der Waals surface area contributed by atoms with Gasteiger partial charge in [0.15, 0.2) is 0 Å². The molecule has 0 spiro atoms. The molecule has 0 aliphatic heterocycles. The van der Waals surface area contributed by atoms with Crippen molar-refractivity contribution in [1.29, 1.82) is 0 Å². The van der Waals surface area contributed by atoms with E-state index in [1.165, 1.54) is 12.1 Å². The van der Waals surface area contributed by atoms with Gasteiger partial charge in [0, 0.05) is 5.69 Å². The number of ether oxygens (including phenoxy) is 1. The molecule has 1 N–H and O–H groups in total. The SMILES string of the molecule is CC(C)Oc1ccc(NS(=O)(=O)c2ccc(F)cc2)cc1. The van der Waals surface area contributed by atoms with E-state index < -0.39 is 15.8 Å². The van der Waals surface area contributed by atoms with Gasteiger partial charge < -0.3 is 4.74 Å². The van der Waals surface area contributed by atoms with Crippen LogP contribution in [0.2, 0.25) is 0 Å². The van der Waals surface area contributed by atoms with Crippen LogP contribution in [0.25, 0.3) is 0 Å². The second-order valence-electron chi connectivity index (χ2n) is 4.75. The van der Waals surface area contributed by atoms with Crippen LogP contribution in [0.15, 0.2) is 53.4 Å². The predicted molar refractivity (Wildman–Crippen MR) is 79.4 cm³/mol. The molecule has 112 valence electrons. The minimum absolute atomic E-state index is 0.00593. The number of halogens is 1. The van der Waals surface area contributed by atoms with Crippen molar-refractivity contribution in [3.8, 4) is 5.75 Å². The lowest BCUT2D eigenvalue weighted by atomic mass is 10.3. The summed E-state index contributed by atoms with van der Waals surface area (Å²) in [4.78, 5) is 0.00593. The Labute approximate surface area is 123 Å². The molecule has 0 aliphatic carbocycles. The first-order valence-electron chi connectivity index (χ1n) is 6.42. The molecule has 0 heterocycles. The third kappa shape index (κ3) is 4.19. The highest BCUT2D eigenvalue weighted by molar-refractivity contribution is 7.92. The minimum atomic E-state index is -3.72. The van der Waals surface area contributed by atoms with Crippen LogP contribution in [0.1, 0.15) is 13.8 Å². The highest BCUT2D eigenvalue weighted by Gasteiger charge is 2.14. The maximum atomic E-state index is 12.8. The fourth-order valence-electron chi connectivity index (χ4n) is 1.70. The molecule has 0 aromatic heterocycles. The summed E-state index contributed by atoms with van der Waals surface area (Å²) in [6.07, 6.45) is 0.0479. The number of sulfonamides is 1. The Bertz CT molecular complexity index is 695. The highest BCUT2D eigenvalue weighted by atomic mass is 32.2. The quantitative estimate of drug-likeness (QED) is 0.921. The maximum absolute atomic E-state index is 12.8. The average Bonchev–Trinajstić information content (AvgIpc) is 2.40. The molecule has 0 fully saturated rings. The molecule has 2 rings (SSSR count). The molecule has 0 aliphatic rings. The van der Waals surface area contributed by atoms with E-state index in [2.05, 4.69) is 4.72 Å². The first-order valence-corrected chi connectivity index (χ1v) is 7.90. The average molecular weight is 309 g/mol. The second kappa shape index (κ2) is 6.13. The molecule has 0 bridgehead atoms. The van der Waals surface area contributed by atoms with Gasteiger partial charge in [0.2, 0.25) is 0 Å². The molecule has 0 saturated heterocycles. The monoisotopic (exact) mass is 309 g/mol. The molecule has 21 heavy (non-hydrogen) atoms. The van der Waals surface area contributed by atoms with Gasteiger partial charge in [0.25, 0.3) is 10.0 Å². The number of hydrogen-bond donors (Lipinski definition) is 1. The molecule has 2 aromatic carbocycles. The van der Waals surface area contributed by atoms with Gasteiger partial charge in [-0.15, -0.1) is 0 Å². The summed E-state index contributed by atoms with van der Waals surface area (Å²) in [5.41, 5.74) is 0.412. The topological polar surface area (TPSA) is 55.4 Å². The van der Waals surface area contributed by atoms with Gasteiger partial charge in [-0.25, -0.2) is 12.8 Å². The predicted octanol–water partition coefficient (Wildman–Crippen LogP) is 3.41. The van der Waals surface area contributed by atoms with Crippen LogP contribution in [0.5, 0.6) is 5.75 Å². The fraction of sp³-hybridized carbons (Fsp3) is 0.200. The van der Waals surface area contributed by atoms with Crippen molar-refractivity contribution in [2.75, 3.05) is 4.72 Å². The molecular weight excluding hydrogens is 293 g/mol. The Morgan fingerprint density at radius 2 is 1.57 bits per heavy atom. The smallest absolute Gasteiger partial charge is 0.261 e. The van der Waals surface area contributed by atoms with E-state index in [0.717, 1.165) is 12.1 Å². The number of anilines is 1. The van der Waals surface area contributed by atoms with Crippen molar-refractivity contribution >= 4 is 15.7 Å². The molecule has 0 unspecified atom stereocenters. The van der Waals surface area contributed by atoms with E-state index in [4.69, 9.17) is 4.74 Å². The lowest BCUT2D eigenvalue weighted by molar-refractivity contribution is 0.242. The maximum Gasteiger partial charge on any atom is 0.261 e. The molecule has 6 heteroatoms. The van der Waals surface area contributed by atoms with Gasteiger partial charge in [0.1, 0.15) is 11.6 Å². The number of hydrogen-bond acceptors (Lipinski definition) is 3. The molecular formula is C15H16FNO3S. The lowest BCUT2D eigenvalue weighted by Gasteiger charge is -2.11. The molecule has 2 aromatic rings. The van der Waals surface area contributed by atoms with E-state index in [1.54, 1.807) is 24.3 Å². The van der Waals surface area contributed by atoms with Gasteiger partial charge in [-0.1, -0.05) is 0 Å². The van der Waals surface area contributed by atoms with Crippen molar-refractivity contribution in [3.05, 3.63) is 54.3 Å². The minimum Gasteiger partial charge on any atom is -0.491 e. The van der Waals surface area contributed by atoms with E-state index in [0.29, 0.717) is 11.4 Å². The summed E-state index contributed by atoms with van der Waals surface area (Å²) in [5, 5.41) is 0. The zero-order valence-electron chi connectivity index (χ0n) is 11.7. The normalized spacial score (nSPS) is 11.4. The van der Waals surface area contributed by atoms with Crippen LogP contribution < -0.4 is 9.46 Å². The van der Waals surface area contributed by atoms with E-state index in [-0.39, 0.29) is 11.0 Å². The largest absolute Gasteiger partial charge is 0.491 e. The summed E-state index contributed by atoms with van der Waals surface area (Å²) in [7, 11) is -3.72. The Morgan fingerprint density at radius 1 is 1.00 bits per heavy atom. The highest BCUT2D eigenvalue weighted by Crippen LogP contribution is 2.20. The summed E-state index contributed by atoms with van der Waals surface area (Å²) in [6, 6.07) is 11.2. The van der Waals surface area contributed by atoms with E-state index >= 15 is 0 Å². The fourth-order valence-corrected chi connectivity index (χ4v) is 2.76. The van der Waals surface area contributed by atoms with Crippen LogP contribution in [0.4, 0.5) is 10.1 Å². The zero-order chi connectivity index (χ0) is 15.5. The van der Waals surface area contributed by atoms with Crippen LogP contribution >= 0.6 is 0 Å². The number of rotatable bonds is 5. The Morgan fingerprint density at radius 3 is 2.10 bits per heavy atom. The summed E-state index contributed by atoms with van der Waals surface area (Å²) in [5.74, 6) is 0.180. The van der Waals surface area contributed by atoms with Crippen molar-refractivity contribution in [2.24, 2.45) is 0 Å². The first-order chi connectivity index (χ1) is 9.87. The van der Waals surface area contributed by atoms with E-state index in [1.807, 2.05) is 13.8 Å². The Kier molecular flexibility index (Phi) is 4.47. The summed E-state index contributed by atoms with van der Waals surface area (Å²) >= 11 is 0. The molecule has 0 atom stereocenters. The van der Waals surface area contributed by atoms with Crippen LogP contribution in [-0.2, 0) is 10.0 Å².